The first-order valence-electron chi connectivity index (χ1n) is 12.3. The molecule has 2 aromatic heterocycles. The third-order valence-electron chi connectivity index (χ3n) is 5.51. The molecule has 0 bridgehead atoms. The van der Waals surface area contributed by atoms with Crippen LogP contribution in [0.15, 0.2) is 9.81 Å². The minimum absolute atomic E-state index is 0.169. The Morgan fingerprint density at radius 2 is 1.12 bits per heavy atom. The molecule has 2 saturated heterocycles. The summed E-state index contributed by atoms with van der Waals surface area (Å²) in [4.78, 5) is 54.0. The fraction of sp³-hybridized carbons (Fsp3) is 0.455. The van der Waals surface area contributed by atoms with Gasteiger partial charge in [0, 0.05) is 25.9 Å². The highest BCUT2D eigenvalue weighted by Gasteiger charge is 2.41. The van der Waals surface area contributed by atoms with Gasteiger partial charge in [0.2, 0.25) is 22.1 Å². The predicted octanol–water partition coefficient (Wildman–Crippen LogP) is 3.58. The number of hydrogen-bond donors (Lipinski definition) is 2. The van der Waals surface area contributed by atoms with Gasteiger partial charge in [-0.2, -0.15) is 0 Å². The molecular weight excluding hydrogens is 633 g/mol. The summed E-state index contributed by atoms with van der Waals surface area (Å²) in [7, 11) is 0. The van der Waals surface area contributed by atoms with Crippen LogP contribution in [0.5, 0.6) is 0 Å². The molecule has 18 heteroatoms. The number of thiocarbonyl (C=S) groups is 2. The number of thioether (sulfide) groups is 2. The molecule has 0 aliphatic carbocycles. The monoisotopic (exact) mass is 656 g/mol. The van der Waals surface area contributed by atoms with Gasteiger partial charge in [-0.15, -0.1) is 20.4 Å². The van der Waals surface area contributed by atoms with Crippen LogP contribution in [0.4, 0.5) is 10.3 Å². The number of carbonyl (C=O) groups excluding carboxylic acids is 4. The average molecular weight is 657 g/mol. The van der Waals surface area contributed by atoms with E-state index in [1.807, 2.05) is 13.8 Å². The molecule has 2 aromatic rings. The number of amides is 4. The van der Waals surface area contributed by atoms with Crippen molar-refractivity contribution in [3.63, 3.8) is 0 Å². The number of rotatable bonds is 12. The van der Waals surface area contributed by atoms with E-state index in [0.717, 1.165) is 46.4 Å². The maximum atomic E-state index is 13.1. The Kier molecular flexibility index (Phi) is 10.7. The zero-order valence-electron chi connectivity index (χ0n) is 21.4. The summed E-state index contributed by atoms with van der Waals surface area (Å²) in [5, 5.41) is 23.8. The van der Waals surface area contributed by atoms with E-state index in [4.69, 9.17) is 24.4 Å². The summed E-state index contributed by atoms with van der Waals surface area (Å²) in [5.41, 5.74) is 0. The second-order valence-electron chi connectivity index (χ2n) is 8.32. The lowest BCUT2D eigenvalue weighted by atomic mass is 10.2. The number of anilines is 2. The van der Waals surface area contributed by atoms with Crippen LogP contribution in [0, 0.1) is 0 Å². The van der Waals surface area contributed by atoms with Crippen molar-refractivity contribution in [3.8, 4) is 0 Å². The smallest absolute Gasteiger partial charge is 0.267 e. The molecule has 0 atom stereocenters. The van der Waals surface area contributed by atoms with E-state index in [1.165, 1.54) is 32.5 Å². The highest BCUT2D eigenvalue weighted by Crippen LogP contribution is 2.42. The first-order valence-corrected chi connectivity index (χ1v) is 16.3. The lowest BCUT2D eigenvalue weighted by molar-refractivity contribution is -0.124. The molecule has 0 spiro atoms. The first kappa shape index (κ1) is 30.6. The summed E-state index contributed by atoms with van der Waals surface area (Å²) in [6.07, 6.45) is 2.58. The summed E-state index contributed by atoms with van der Waals surface area (Å²) in [5.74, 6) is -1.22. The fourth-order valence-corrected chi connectivity index (χ4v) is 7.67. The zero-order valence-corrected chi connectivity index (χ0v) is 26.3. The van der Waals surface area contributed by atoms with Crippen LogP contribution in [0.1, 0.15) is 49.5 Å². The number of nitrogens with one attached hydrogen (secondary N) is 2. The SMILES string of the molecule is CCc1nnc(NC(=O)CCCN2C(=O)/C(=C3\SC(=S)N(CCCC(=O)Nc4nnc(CC)s4)C3=O)SC2=S)s1. The van der Waals surface area contributed by atoms with E-state index in [-0.39, 0.29) is 59.4 Å². The van der Waals surface area contributed by atoms with Crippen molar-refractivity contribution >= 4 is 113 Å². The Labute approximate surface area is 257 Å². The largest absolute Gasteiger partial charge is 0.301 e. The van der Waals surface area contributed by atoms with E-state index in [0.29, 0.717) is 31.7 Å². The second kappa shape index (κ2) is 14.0. The van der Waals surface area contributed by atoms with Crippen molar-refractivity contribution in [2.75, 3.05) is 23.7 Å². The Balaban J connectivity index is 1.26. The van der Waals surface area contributed by atoms with Crippen molar-refractivity contribution in [2.24, 2.45) is 0 Å². The molecule has 0 radical (unpaired) electrons. The van der Waals surface area contributed by atoms with Crippen molar-refractivity contribution in [3.05, 3.63) is 19.8 Å². The standard InChI is InChI=1S/C22H24N8O4S6/c1-3-13-25-27-19(37-13)23-11(31)7-5-9-29-17(33)15(39-21(29)35)16-18(34)30(22(36)40-16)10-6-8-12(32)24-20-28-26-14(4-2)38-20/h3-10H2,1-2H3,(H,23,27,31)(H,24,28,32)/b16-15+. The molecule has 4 heterocycles. The highest BCUT2D eigenvalue weighted by atomic mass is 32.2. The summed E-state index contributed by atoms with van der Waals surface area (Å²) < 4.78 is 0.643. The van der Waals surface area contributed by atoms with Gasteiger partial charge in [-0.25, -0.2) is 0 Å². The van der Waals surface area contributed by atoms with Gasteiger partial charge in [0.15, 0.2) is 0 Å². The quantitative estimate of drug-likeness (QED) is 0.254. The summed E-state index contributed by atoms with van der Waals surface area (Å²) >= 11 is 15.5. The summed E-state index contributed by atoms with van der Waals surface area (Å²) in [6, 6.07) is 0. The molecule has 40 heavy (non-hydrogen) atoms. The fourth-order valence-electron chi connectivity index (χ4n) is 3.51. The van der Waals surface area contributed by atoms with Crippen molar-refractivity contribution in [2.45, 2.75) is 52.4 Å². The number of aromatic nitrogens is 4. The Hall–Kier alpha value is -2.38. The van der Waals surface area contributed by atoms with Gasteiger partial charge in [0.25, 0.3) is 11.8 Å². The van der Waals surface area contributed by atoms with Gasteiger partial charge >= 0.3 is 0 Å². The average Bonchev–Trinajstić information content (AvgIpc) is 3.69. The molecule has 2 aliphatic rings. The van der Waals surface area contributed by atoms with Crippen molar-refractivity contribution < 1.29 is 19.2 Å². The normalized spacial score (nSPS) is 17.4. The highest BCUT2D eigenvalue weighted by molar-refractivity contribution is 8.29. The van der Waals surface area contributed by atoms with Gasteiger partial charge in [-0.05, 0) is 25.7 Å². The minimum Gasteiger partial charge on any atom is -0.301 e. The molecule has 2 N–H and O–H groups in total. The third-order valence-corrected chi connectivity index (χ3v) is 10.5. The van der Waals surface area contributed by atoms with Crippen molar-refractivity contribution in [1.82, 2.24) is 30.2 Å². The van der Waals surface area contributed by atoms with Gasteiger partial charge in [-0.1, -0.05) is 84.5 Å². The topological polar surface area (TPSA) is 150 Å². The van der Waals surface area contributed by atoms with E-state index in [9.17, 15) is 19.2 Å². The second-order valence-corrected chi connectivity index (χ2v) is 13.7. The molecule has 212 valence electrons. The maximum absolute atomic E-state index is 13.1. The van der Waals surface area contributed by atoms with Crippen LogP contribution < -0.4 is 10.6 Å². The van der Waals surface area contributed by atoms with Crippen LogP contribution in [-0.4, -0.2) is 75.6 Å². The van der Waals surface area contributed by atoms with E-state index in [2.05, 4.69) is 31.0 Å². The van der Waals surface area contributed by atoms with Crippen LogP contribution in [0.3, 0.4) is 0 Å². The van der Waals surface area contributed by atoms with Crippen LogP contribution >= 0.6 is 70.6 Å². The Morgan fingerprint density at radius 1 is 0.725 bits per heavy atom. The van der Waals surface area contributed by atoms with Gasteiger partial charge in [0.05, 0.1) is 9.81 Å². The van der Waals surface area contributed by atoms with E-state index >= 15 is 0 Å². The van der Waals surface area contributed by atoms with E-state index in [1.54, 1.807) is 0 Å². The van der Waals surface area contributed by atoms with Gasteiger partial charge < -0.3 is 10.6 Å². The van der Waals surface area contributed by atoms with Gasteiger partial charge in [0.1, 0.15) is 18.7 Å². The van der Waals surface area contributed by atoms with Gasteiger partial charge in [-0.3, -0.25) is 29.0 Å². The lowest BCUT2D eigenvalue weighted by Crippen LogP contribution is -2.31. The molecule has 2 fully saturated rings. The Bertz CT molecular complexity index is 1290. The molecule has 4 rings (SSSR count). The molecule has 2 aliphatic heterocycles. The Morgan fingerprint density at radius 3 is 1.48 bits per heavy atom. The third kappa shape index (κ3) is 7.47. The van der Waals surface area contributed by atoms with Crippen molar-refractivity contribution in [1.29, 1.82) is 0 Å². The predicted molar refractivity (Wildman–Crippen MR) is 165 cm³/mol. The molecule has 4 amide bonds. The van der Waals surface area contributed by atoms with Crippen LogP contribution in [0.2, 0.25) is 0 Å². The zero-order chi connectivity index (χ0) is 28.8. The lowest BCUT2D eigenvalue weighted by Gasteiger charge is -2.14. The number of carbonyl (C=O) groups is 4. The van der Waals surface area contributed by atoms with Crippen LogP contribution in [0.25, 0.3) is 0 Å². The van der Waals surface area contributed by atoms with E-state index < -0.39 is 0 Å². The molecular formula is C22H24N8O4S6. The molecule has 0 unspecified atom stereocenters. The van der Waals surface area contributed by atoms with Crippen LogP contribution in [-0.2, 0) is 32.0 Å². The summed E-state index contributed by atoms with van der Waals surface area (Å²) in [6.45, 7) is 4.39. The number of aryl methyl sites for hydroxylation is 2. The molecule has 0 saturated carbocycles. The number of hydrogen-bond acceptors (Lipinski definition) is 14. The first-order chi connectivity index (χ1) is 19.2. The number of nitrogens with zero attached hydrogens (tertiary/aromatic N) is 6. The molecule has 0 aromatic carbocycles. The minimum atomic E-state index is -0.379. The molecule has 12 nitrogen and oxygen atoms in total. The maximum Gasteiger partial charge on any atom is 0.267 e.